The summed E-state index contributed by atoms with van der Waals surface area (Å²) in [7, 11) is -3.61. The first kappa shape index (κ1) is 21.2. The molecule has 2 heterocycles. The molecule has 1 aromatic carbocycles. The fraction of sp³-hybridized carbons (Fsp3) is 0.333. The SMILES string of the molecule is C=CCN(CCOCC)S(=O)(=O)c1ccc(Cn2c(C)nc3cnccc32)cc1. The number of aromatic nitrogens is 3. The summed E-state index contributed by atoms with van der Waals surface area (Å²) in [5, 5.41) is 0. The average Bonchev–Trinajstić information content (AvgIpc) is 3.03. The maximum Gasteiger partial charge on any atom is 0.243 e. The molecule has 0 aliphatic rings. The molecule has 2 aromatic heterocycles. The Hall–Kier alpha value is -2.55. The molecule has 0 spiro atoms. The van der Waals surface area contributed by atoms with E-state index < -0.39 is 10.0 Å². The van der Waals surface area contributed by atoms with E-state index in [9.17, 15) is 8.42 Å². The first-order valence-electron chi connectivity index (χ1n) is 9.52. The summed E-state index contributed by atoms with van der Waals surface area (Å²) in [5.41, 5.74) is 2.84. The van der Waals surface area contributed by atoms with Crippen molar-refractivity contribution >= 4 is 21.1 Å². The Kier molecular flexibility index (Phi) is 6.79. The van der Waals surface area contributed by atoms with Crippen molar-refractivity contribution in [2.24, 2.45) is 0 Å². The van der Waals surface area contributed by atoms with Gasteiger partial charge in [-0.2, -0.15) is 4.31 Å². The van der Waals surface area contributed by atoms with Crippen LogP contribution < -0.4 is 0 Å². The van der Waals surface area contributed by atoms with Gasteiger partial charge in [0, 0.05) is 32.4 Å². The van der Waals surface area contributed by atoms with Crippen molar-refractivity contribution < 1.29 is 13.2 Å². The van der Waals surface area contributed by atoms with Crippen molar-refractivity contribution in [2.45, 2.75) is 25.3 Å². The number of pyridine rings is 1. The van der Waals surface area contributed by atoms with E-state index in [0.717, 1.165) is 22.4 Å². The molecule has 0 saturated carbocycles. The lowest BCUT2D eigenvalue weighted by molar-refractivity contribution is 0.136. The van der Waals surface area contributed by atoms with Crippen LogP contribution in [0.2, 0.25) is 0 Å². The van der Waals surface area contributed by atoms with Crippen LogP contribution in [-0.4, -0.2) is 53.6 Å². The summed E-state index contributed by atoms with van der Waals surface area (Å²) in [6, 6.07) is 8.91. The number of sulfonamides is 1. The van der Waals surface area contributed by atoms with E-state index in [1.165, 1.54) is 4.31 Å². The van der Waals surface area contributed by atoms with Crippen molar-refractivity contribution in [2.75, 3.05) is 26.3 Å². The maximum absolute atomic E-state index is 13.0. The number of ether oxygens (including phenoxy) is 1. The smallest absolute Gasteiger partial charge is 0.243 e. The molecule has 8 heteroatoms. The highest BCUT2D eigenvalue weighted by Gasteiger charge is 2.23. The molecule has 0 atom stereocenters. The van der Waals surface area contributed by atoms with Crippen LogP contribution >= 0.6 is 0 Å². The topological polar surface area (TPSA) is 77.3 Å². The number of rotatable bonds is 10. The lowest BCUT2D eigenvalue weighted by Crippen LogP contribution is -2.34. The van der Waals surface area contributed by atoms with Gasteiger partial charge in [-0.1, -0.05) is 18.2 Å². The summed E-state index contributed by atoms with van der Waals surface area (Å²) in [4.78, 5) is 8.89. The largest absolute Gasteiger partial charge is 0.380 e. The van der Waals surface area contributed by atoms with Crippen LogP contribution in [0.1, 0.15) is 18.3 Å². The zero-order valence-corrected chi connectivity index (χ0v) is 17.6. The fourth-order valence-corrected chi connectivity index (χ4v) is 4.56. The molecule has 0 saturated heterocycles. The second-order valence-electron chi connectivity index (χ2n) is 6.60. The van der Waals surface area contributed by atoms with Crippen molar-refractivity contribution in [1.82, 2.24) is 18.8 Å². The first-order chi connectivity index (χ1) is 14.0. The van der Waals surface area contributed by atoms with Gasteiger partial charge >= 0.3 is 0 Å². The molecule has 29 heavy (non-hydrogen) atoms. The molecule has 0 aliphatic heterocycles. The van der Waals surface area contributed by atoms with Gasteiger partial charge in [-0.15, -0.1) is 6.58 Å². The fourth-order valence-electron chi connectivity index (χ4n) is 3.16. The molecular weight excluding hydrogens is 388 g/mol. The number of hydrogen-bond donors (Lipinski definition) is 0. The van der Waals surface area contributed by atoms with Gasteiger partial charge in [0.25, 0.3) is 0 Å². The number of hydrogen-bond acceptors (Lipinski definition) is 5. The normalized spacial score (nSPS) is 12.0. The predicted molar refractivity (Wildman–Crippen MR) is 113 cm³/mol. The predicted octanol–water partition coefficient (Wildman–Crippen LogP) is 3.00. The van der Waals surface area contributed by atoms with Crippen LogP contribution in [0.25, 0.3) is 11.0 Å². The van der Waals surface area contributed by atoms with Gasteiger partial charge in [0.15, 0.2) is 0 Å². The van der Waals surface area contributed by atoms with E-state index in [1.807, 2.05) is 32.0 Å². The van der Waals surface area contributed by atoms with Crippen LogP contribution in [0, 0.1) is 6.92 Å². The van der Waals surface area contributed by atoms with Crippen LogP contribution in [-0.2, 0) is 21.3 Å². The second-order valence-corrected chi connectivity index (χ2v) is 8.54. The van der Waals surface area contributed by atoms with E-state index in [4.69, 9.17) is 4.74 Å². The van der Waals surface area contributed by atoms with Crippen molar-refractivity contribution in [3.63, 3.8) is 0 Å². The molecule has 7 nitrogen and oxygen atoms in total. The Bertz CT molecular complexity index is 1080. The van der Waals surface area contributed by atoms with Crippen LogP contribution in [0.3, 0.4) is 0 Å². The molecule has 154 valence electrons. The first-order valence-corrected chi connectivity index (χ1v) is 11.0. The zero-order chi connectivity index (χ0) is 20.9. The molecule has 0 N–H and O–H groups in total. The average molecular weight is 415 g/mol. The quantitative estimate of drug-likeness (QED) is 0.376. The minimum absolute atomic E-state index is 0.241. The number of nitrogens with zero attached hydrogens (tertiary/aromatic N) is 4. The second kappa shape index (κ2) is 9.30. The highest BCUT2D eigenvalue weighted by Crippen LogP contribution is 2.20. The molecule has 3 aromatic rings. The lowest BCUT2D eigenvalue weighted by atomic mass is 10.2. The number of imidazole rings is 1. The maximum atomic E-state index is 13.0. The molecule has 3 rings (SSSR count). The van der Waals surface area contributed by atoms with E-state index in [-0.39, 0.29) is 18.0 Å². The van der Waals surface area contributed by atoms with E-state index in [1.54, 1.807) is 30.6 Å². The van der Waals surface area contributed by atoms with Gasteiger partial charge < -0.3 is 9.30 Å². The molecule has 0 amide bonds. The summed E-state index contributed by atoms with van der Waals surface area (Å²) >= 11 is 0. The summed E-state index contributed by atoms with van der Waals surface area (Å²) in [5.74, 6) is 0.887. The minimum atomic E-state index is -3.61. The standard InChI is InChI=1S/C21H26N4O3S/c1-4-12-24(13-14-28-5-2)29(26,27)19-8-6-18(7-9-19)16-25-17(3)23-20-15-22-11-10-21(20)25/h4,6-11,15H,1,5,12-14,16H2,2-3H3. The summed E-state index contributed by atoms with van der Waals surface area (Å²) < 4.78 is 34.7. The molecule has 0 radical (unpaired) electrons. The molecular formula is C21H26N4O3S. The Morgan fingerprint density at radius 3 is 2.69 bits per heavy atom. The highest BCUT2D eigenvalue weighted by molar-refractivity contribution is 7.89. The summed E-state index contributed by atoms with van der Waals surface area (Å²) in [6.07, 6.45) is 5.07. The Labute approximate surface area is 171 Å². The van der Waals surface area contributed by atoms with Crippen LogP contribution in [0.4, 0.5) is 0 Å². The zero-order valence-electron chi connectivity index (χ0n) is 16.8. The van der Waals surface area contributed by atoms with Crippen LogP contribution in [0.5, 0.6) is 0 Å². The lowest BCUT2D eigenvalue weighted by Gasteiger charge is -2.20. The van der Waals surface area contributed by atoms with Crippen LogP contribution in [0.15, 0.2) is 60.3 Å². The van der Waals surface area contributed by atoms with Crippen molar-refractivity contribution in [3.05, 3.63) is 66.8 Å². The van der Waals surface area contributed by atoms with Crippen molar-refractivity contribution in [1.29, 1.82) is 0 Å². The molecule has 0 unspecified atom stereocenters. The van der Waals surface area contributed by atoms with Gasteiger partial charge in [0.2, 0.25) is 10.0 Å². The van der Waals surface area contributed by atoms with E-state index >= 15 is 0 Å². The minimum Gasteiger partial charge on any atom is -0.380 e. The van der Waals surface area contributed by atoms with Gasteiger partial charge in [0.05, 0.1) is 23.2 Å². The van der Waals surface area contributed by atoms with Crippen molar-refractivity contribution in [3.8, 4) is 0 Å². The number of benzene rings is 1. The van der Waals surface area contributed by atoms with Gasteiger partial charge in [-0.25, -0.2) is 13.4 Å². The monoisotopic (exact) mass is 414 g/mol. The third-order valence-electron chi connectivity index (χ3n) is 4.67. The molecule has 0 bridgehead atoms. The van der Waals surface area contributed by atoms with E-state index in [2.05, 4.69) is 21.1 Å². The molecule has 0 aliphatic carbocycles. The third kappa shape index (κ3) is 4.72. The van der Waals surface area contributed by atoms with E-state index in [0.29, 0.717) is 19.8 Å². The third-order valence-corrected chi connectivity index (χ3v) is 6.54. The van der Waals surface area contributed by atoms with Gasteiger partial charge in [-0.3, -0.25) is 4.98 Å². The Morgan fingerprint density at radius 2 is 2.00 bits per heavy atom. The molecule has 0 fully saturated rings. The van der Waals surface area contributed by atoms with Gasteiger partial charge in [0.1, 0.15) is 11.3 Å². The summed E-state index contributed by atoms with van der Waals surface area (Å²) in [6.45, 7) is 9.53. The highest BCUT2D eigenvalue weighted by atomic mass is 32.2. The number of fused-ring (bicyclic) bond motifs is 1. The Morgan fingerprint density at radius 1 is 1.24 bits per heavy atom. The Balaban J connectivity index is 1.81. The number of aryl methyl sites for hydroxylation is 1. The van der Waals surface area contributed by atoms with Gasteiger partial charge in [-0.05, 0) is 37.6 Å².